The quantitative estimate of drug-likeness (QED) is 0.619. The third-order valence-electron chi connectivity index (χ3n) is 4.96. The number of aliphatic carboxylic acids is 1. The van der Waals surface area contributed by atoms with Gasteiger partial charge in [0.1, 0.15) is 0 Å². The fourth-order valence-electron chi connectivity index (χ4n) is 3.45. The van der Waals surface area contributed by atoms with E-state index in [0.29, 0.717) is 28.8 Å². The molecule has 1 amide bonds. The first-order valence-corrected chi connectivity index (χ1v) is 10.4. The van der Waals surface area contributed by atoms with Crippen molar-refractivity contribution in [1.82, 2.24) is 9.88 Å². The summed E-state index contributed by atoms with van der Waals surface area (Å²) in [7, 11) is 1.62. The molecule has 2 aromatic rings. The first-order chi connectivity index (χ1) is 15.3. The number of alkyl halides is 3. The van der Waals surface area contributed by atoms with Crippen molar-refractivity contribution < 1.29 is 32.6 Å². The third kappa shape index (κ3) is 5.94. The van der Waals surface area contributed by atoms with Crippen molar-refractivity contribution in [2.24, 2.45) is 5.73 Å². The predicted molar refractivity (Wildman–Crippen MR) is 117 cm³/mol. The smallest absolute Gasteiger partial charge is 0.475 e. The SMILES string of the molecule is COC[C@H](C)N1Cc2nc(C)c(CN)c(-c3ccc(Cl)cc3Cl)c2C1=O.O=C(O)C(F)(F)F. The maximum atomic E-state index is 13.2. The minimum atomic E-state index is -5.08. The minimum absolute atomic E-state index is 0.0585. The molecule has 0 spiro atoms. The molecule has 1 aliphatic rings. The number of carbonyl (C=O) groups is 2. The summed E-state index contributed by atoms with van der Waals surface area (Å²) in [6.07, 6.45) is -5.08. The summed E-state index contributed by atoms with van der Waals surface area (Å²) < 4.78 is 36.9. The Kier molecular flexibility index (Phi) is 8.69. The van der Waals surface area contributed by atoms with Crippen LogP contribution in [0.1, 0.15) is 34.2 Å². The van der Waals surface area contributed by atoms with Gasteiger partial charge in [-0.2, -0.15) is 13.2 Å². The highest BCUT2D eigenvalue weighted by atomic mass is 35.5. The van der Waals surface area contributed by atoms with Crippen molar-refractivity contribution >= 4 is 35.1 Å². The molecule has 0 radical (unpaired) electrons. The molecule has 0 bridgehead atoms. The number of fused-ring (bicyclic) bond motifs is 1. The Bertz CT molecular complexity index is 1060. The lowest BCUT2D eigenvalue weighted by molar-refractivity contribution is -0.192. The van der Waals surface area contributed by atoms with E-state index in [1.54, 1.807) is 24.1 Å². The number of aromatic nitrogens is 1. The van der Waals surface area contributed by atoms with Crippen molar-refractivity contribution in [3.05, 3.63) is 50.8 Å². The highest BCUT2D eigenvalue weighted by Crippen LogP contribution is 2.40. The number of halogens is 5. The standard InChI is InChI=1S/C19H21Cl2N3O2.C2HF3O2/c1-10(9-26-3)24-8-16-18(19(24)25)17(14(7-22)11(2)23-16)13-5-4-12(20)6-15(13)21;3-2(4,5)1(6)7/h4-6,10H,7-9,22H2,1-3H3;(H,6,7)/t10-;/m0./s1. The fourth-order valence-corrected chi connectivity index (χ4v) is 3.95. The topological polar surface area (TPSA) is 106 Å². The van der Waals surface area contributed by atoms with Gasteiger partial charge in [0.25, 0.3) is 5.91 Å². The first-order valence-electron chi connectivity index (χ1n) is 9.61. The number of nitrogens with two attached hydrogens (primary N) is 1. The number of methoxy groups -OCH3 is 1. The van der Waals surface area contributed by atoms with Gasteiger partial charge in [0.05, 0.1) is 30.5 Å². The number of carboxylic acid groups (broad SMARTS) is 1. The minimum Gasteiger partial charge on any atom is -0.475 e. The monoisotopic (exact) mass is 507 g/mol. The number of carboxylic acids is 1. The third-order valence-corrected chi connectivity index (χ3v) is 5.51. The van der Waals surface area contributed by atoms with Crippen LogP contribution in [0, 0.1) is 6.92 Å². The Morgan fingerprint density at radius 3 is 2.42 bits per heavy atom. The summed E-state index contributed by atoms with van der Waals surface area (Å²) in [5, 5.41) is 8.15. The molecule has 33 heavy (non-hydrogen) atoms. The lowest BCUT2D eigenvalue weighted by atomic mass is 9.93. The van der Waals surface area contributed by atoms with E-state index in [4.69, 9.17) is 43.6 Å². The first kappa shape index (κ1) is 26.8. The van der Waals surface area contributed by atoms with E-state index < -0.39 is 12.1 Å². The van der Waals surface area contributed by atoms with Crippen LogP contribution in [-0.2, 0) is 22.6 Å². The van der Waals surface area contributed by atoms with Crippen molar-refractivity contribution in [2.45, 2.75) is 39.2 Å². The summed E-state index contributed by atoms with van der Waals surface area (Å²) in [6, 6.07) is 5.20. The molecule has 0 saturated carbocycles. The normalized spacial score (nSPS) is 14.0. The molecule has 180 valence electrons. The number of pyridine rings is 1. The second-order valence-electron chi connectivity index (χ2n) is 7.24. The van der Waals surface area contributed by atoms with Crippen LogP contribution in [0.15, 0.2) is 18.2 Å². The fraction of sp³-hybridized carbons (Fsp3) is 0.381. The molecule has 0 unspecified atom stereocenters. The van der Waals surface area contributed by atoms with Crippen LogP contribution in [0.5, 0.6) is 0 Å². The zero-order chi connectivity index (χ0) is 25.1. The van der Waals surface area contributed by atoms with Gasteiger partial charge in [-0.3, -0.25) is 9.78 Å². The number of hydrogen-bond donors (Lipinski definition) is 2. The number of rotatable bonds is 5. The Morgan fingerprint density at radius 2 is 1.94 bits per heavy atom. The molecule has 3 rings (SSSR count). The number of nitrogens with zero attached hydrogens (tertiary/aromatic N) is 2. The van der Waals surface area contributed by atoms with Crippen molar-refractivity contribution in [2.75, 3.05) is 13.7 Å². The molecule has 2 heterocycles. The molecule has 1 aromatic heterocycles. The Labute approximate surface area is 198 Å². The van der Waals surface area contributed by atoms with Gasteiger partial charge in [0, 0.05) is 40.5 Å². The molecule has 7 nitrogen and oxygen atoms in total. The highest BCUT2D eigenvalue weighted by molar-refractivity contribution is 6.36. The van der Waals surface area contributed by atoms with Crippen LogP contribution in [0.25, 0.3) is 11.1 Å². The number of ether oxygens (including phenoxy) is 1. The van der Waals surface area contributed by atoms with Crippen LogP contribution in [0.4, 0.5) is 13.2 Å². The number of carbonyl (C=O) groups excluding carboxylic acids is 1. The number of hydrogen-bond acceptors (Lipinski definition) is 5. The molecular formula is C21H22Cl2F3N3O4. The molecule has 1 atom stereocenters. The van der Waals surface area contributed by atoms with Crippen molar-refractivity contribution in [1.29, 1.82) is 0 Å². The average Bonchev–Trinajstić information content (AvgIpc) is 3.03. The maximum absolute atomic E-state index is 13.2. The number of benzene rings is 1. The number of aryl methyl sites for hydroxylation is 1. The summed E-state index contributed by atoms with van der Waals surface area (Å²) in [5.74, 6) is -2.83. The molecule has 0 aliphatic carbocycles. The largest absolute Gasteiger partial charge is 0.490 e. The van der Waals surface area contributed by atoms with Crippen molar-refractivity contribution in [3.8, 4) is 11.1 Å². The van der Waals surface area contributed by atoms with E-state index in [9.17, 15) is 18.0 Å². The molecular weight excluding hydrogens is 486 g/mol. The second kappa shape index (κ2) is 10.7. The van der Waals surface area contributed by atoms with E-state index in [-0.39, 0.29) is 18.5 Å². The van der Waals surface area contributed by atoms with Crippen LogP contribution < -0.4 is 5.73 Å². The summed E-state index contributed by atoms with van der Waals surface area (Å²) in [6.45, 7) is 5.03. The number of amides is 1. The van der Waals surface area contributed by atoms with Gasteiger partial charge in [0.15, 0.2) is 0 Å². The molecule has 1 aromatic carbocycles. The van der Waals surface area contributed by atoms with E-state index in [1.165, 1.54) is 0 Å². The van der Waals surface area contributed by atoms with E-state index in [0.717, 1.165) is 28.1 Å². The van der Waals surface area contributed by atoms with Crippen LogP contribution >= 0.6 is 23.2 Å². The Morgan fingerprint density at radius 1 is 1.33 bits per heavy atom. The summed E-state index contributed by atoms with van der Waals surface area (Å²) >= 11 is 12.5. The molecule has 1 aliphatic heterocycles. The lowest BCUT2D eigenvalue weighted by Crippen LogP contribution is -2.36. The Balaban J connectivity index is 0.000000479. The van der Waals surface area contributed by atoms with Gasteiger partial charge in [-0.1, -0.05) is 29.3 Å². The summed E-state index contributed by atoms with van der Waals surface area (Å²) in [4.78, 5) is 28.5. The zero-order valence-corrected chi connectivity index (χ0v) is 19.5. The maximum Gasteiger partial charge on any atom is 0.490 e. The molecule has 12 heteroatoms. The van der Waals surface area contributed by atoms with Gasteiger partial charge < -0.3 is 20.5 Å². The van der Waals surface area contributed by atoms with Crippen LogP contribution in [0.2, 0.25) is 10.0 Å². The van der Waals surface area contributed by atoms with E-state index in [1.807, 2.05) is 19.9 Å². The van der Waals surface area contributed by atoms with Crippen LogP contribution in [-0.4, -0.2) is 52.8 Å². The molecule has 0 fully saturated rings. The van der Waals surface area contributed by atoms with E-state index >= 15 is 0 Å². The van der Waals surface area contributed by atoms with Gasteiger partial charge >= 0.3 is 12.1 Å². The van der Waals surface area contributed by atoms with Gasteiger partial charge in [-0.15, -0.1) is 0 Å². The van der Waals surface area contributed by atoms with Gasteiger partial charge in [-0.25, -0.2) is 4.79 Å². The highest BCUT2D eigenvalue weighted by Gasteiger charge is 2.38. The predicted octanol–water partition coefficient (Wildman–Crippen LogP) is 4.45. The van der Waals surface area contributed by atoms with Crippen LogP contribution in [0.3, 0.4) is 0 Å². The van der Waals surface area contributed by atoms with Gasteiger partial charge in [0.2, 0.25) is 0 Å². The van der Waals surface area contributed by atoms with Crippen molar-refractivity contribution in [3.63, 3.8) is 0 Å². The summed E-state index contributed by atoms with van der Waals surface area (Å²) in [5.41, 5.74) is 10.4. The zero-order valence-electron chi connectivity index (χ0n) is 18.0. The van der Waals surface area contributed by atoms with Gasteiger partial charge in [-0.05, 0) is 31.5 Å². The van der Waals surface area contributed by atoms with E-state index in [2.05, 4.69) is 4.98 Å². The Hall–Kier alpha value is -2.40. The lowest BCUT2D eigenvalue weighted by Gasteiger charge is -2.23. The second-order valence-corrected chi connectivity index (χ2v) is 8.08. The molecule has 0 saturated heterocycles. The average molecular weight is 508 g/mol. The molecule has 3 N–H and O–H groups in total.